The monoisotopic (exact) mass is 200 g/mol. The van der Waals surface area contributed by atoms with E-state index in [1.807, 2.05) is 0 Å². The van der Waals surface area contributed by atoms with Crippen LogP contribution in [-0.4, -0.2) is 43.3 Å². The van der Waals surface area contributed by atoms with Gasteiger partial charge in [0.15, 0.2) is 0 Å². The molecule has 2 atom stereocenters. The SMILES string of the molecule is CCC(CC)N(C)C1COCCC1N. The Morgan fingerprint density at radius 2 is 2.07 bits per heavy atom. The van der Waals surface area contributed by atoms with Gasteiger partial charge >= 0.3 is 0 Å². The van der Waals surface area contributed by atoms with Gasteiger partial charge in [-0.2, -0.15) is 0 Å². The second kappa shape index (κ2) is 5.69. The zero-order valence-electron chi connectivity index (χ0n) is 9.70. The van der Waals surface area contributed by atoms with Crippen LogP contribution < -0.4 is 5.73 Å². The maximum Gasteiger partial charge on any atom is 0.0636 e. The molecule has 1 aliphatic heterocycles. The molecule has 0 amide bonds. The molecule has 1 heterocycles. The van der Waals surface area contributed by atoms with E-state index in [2.05, 4.69) is 25.8 Å². The quantitative estimate of drug-likeness (QED) is 0.741. The number of likely N-dealkylation sites (N-methyl/N-ethyl adjacent to an activating group) is 1. The van der Waals surface area contributed by atoms with Gasteiger partial charge in [-0.3, -0.25) is 4.90 Å². The van der Waals surface area contributed by atoms with Crippen LogP contribution >= 0.6 is 0 Å². The molecule has 14 heavy (non-hydrogen) atoms. The highest BCUT2D eigenvalue weighted by Crippen LogP contribution is 2.16. The smallest absolute Gasteiger partial charge is 0.0636 e. The summed E-state index contributed by atoms with van der Waals surface area (Å²) in [5, 5.41) is 0. The lowest BCUT2D eigenvalue weighted by atomic mass is 10.00. The van der Waals surface area contributed by atoms with Crippen LogP contribution in [0.2, 0.25) is 0 Å². The van der Waals surface area contributed by atoms with Crippen molar-refractivity contribution in [1.29, 1.82) is 0 Å². The molecule has 0 aromatic carbocycles. The first-order valence-corrected chi connectivity index (χ1v) is 5.75. The Kier molecular flexibility index (Phi) is 4.85. The van der Waals surface area contributed by atoms with E-state index in [4.69, 9.17) is 10.5 Å². The first-order chi connectivity index (χ1) is 6.70. The van der Waals surface area contributed by atoms with Crippen molar-refractivity contribution in [2.75, 3.05) is 20.3 Å². The fourth-order valence-corrected chi connectivity index (χ4v) is 2.29. The molecule has 0 aromatic rings. The van der Waals surface area contributed by atoms with Gasteiger partial charge in [0.25, 0.3) is 0 Å². The molecule has 0 spiro atoms. The minimum absolute atomic E-state index is 0.286. The summed E-state index contributed by atoms with van der Waals surface area (Å²) in [5.41, 5.74) is 6.11. The van der Waals surface area contributed by atoms with Crippen molar-refractivity contribution in [1.82, 2.24) is 4.90 Å². The Labute approximate surface area is 87.6 Å². The van der Waals surface area contributed by atoms with E-state index < -0.39 is 0 Å². The van der Waals surface area contributed by atoms with Gasteiger partial charge in [-0.25, -0.2) is 0 Å². The number of ether oxygens (including phenoxy) is 1. The summed E-state index contributed by atoms with van der Waals surface area (Å²) >= 11 is 0. The largest absolute Gasteiger partial charge is 0.380 e. The van der Waals surface area contributed by atoms with Crippen LogP contribution in [0, 0.1) is 0 Å². The molecule has 1 saturated heterocycles. The molecule has 2 unspecified atom stereocenters. The van der Waals surface area contributed by atoms with E-state index in [0.29, 0.717) is 12.1 Å². The minimum atomic E-state index is 0.286. The van der Waals surface area contributed by atoms with Crippen molar-refractivity contribution >= 4 is 0 Å². The van der Waals surface area contributed by atoms with Crippen LogP contribution in [-0.2, 0) is 4.74 Å². The third-order valence-corrected chi connectivity index (χ3v) is 3.42. The Bertz CT molecular complexity index is 159. The van der Waals surface area contributed by atoms with E-state index in [-0.39, 0.29) is 6.04 Å². The highest BCUT2D eigenvalue weighted by Gasteiger charge is 2.28. The van der Waals surface area contributed by atoms with Gasteiger partial charge in [0.05, 0.1) is 6.61 Å². The number of hydrogen-bond acceptors (Lipinski definition) is 3. The average Bonchev–Trinajstić information content (AvgIpc) is 2.20. The summed E-state index contributed by atoms with van der Waals surface area (Å²) in [4.78, 5) is 2.41. The van der Waals surface area contributed by atoms with Crippen LogP contribution in [0.4, 0.5) is 0 Å². The van der Waals surface area contributed by atoms with Gasteiger partial charge in [0, 0.05) is 24.7 Å². The number of hydrogen-bond donors (Lipinski definition) is 1. The fourth-order valence-electron chi connectivity index (χ4n) is 2.29. The van der Waals surface area contributed by atoms with Crippen molar-refractivity contribution < 1.29 is 4.74 Å². The first kappa shape index (κ1) is 12.0. The molecule has 1 rings (SSSR count). The lowest BCUT2D eigenvalue weighted by molar-refractivity contribution is -0.000965. The van der Waals surface area contributed by atoms with Crippen LogP contribution in [0.3, 0.4) is 0 Å². The number of nitrogens with zero attached hydrogens (tertiary/aromatic N) is 1. The van der Waals surface area contributed by atoms with E-state index in [0.717, 1.165) is 19.6 Å². The van der Waals surface area contributed by atoms with Crippen LogP contribution in [0.15, 0.2) is 0 Å². The van der Waals surface area contributed by atoms with E-state index in [9.17, 15) is 0 Å². The Morgan fingerprint density at radius 1 is 1.43 bits per heavy atom. The summed E-state index contributed by atoms with van der Waals surface area (Å²) in [5.74, 6) is 0. The highest BCUT2D eigenvalue weighted by molar-refractivity contribution is 4.86. The topological polar surface area (TPSA) is 38.5 Å². The molecular formula is C11H24N2O. The van der Waals surface area contributed by atoms with Gasteiger partial charge < -0.3 is 10.5 Å². The standard InChI is InChI=1S/C11H24N2O/c1-4-9(5-2)13(3)11-8-14-7-6-10(11)12/h9-11H,4-8,12H2,1-3H3. The zero-order chi connectivity index (χ0) is 10.6. The molecule has 3 heteroatoms. The van der Waals surface area contributed by atoms with E-state index in [1.165, 1.54) is 12.8 Å². The molecule has 2 N–H and O–H groups in total. The van der Waals surface area contributed by atoms with Gasteiger partial charge in [-0.1, -0.05) is 13.8 Å². The van der Waals surface area contributed by atoms with Crippen LogP contribution in [0.5, 0.6) is 0 Å². The lowest BCUT2D eigenvalue weighted by Gasteiger charge is -2.39. The number of nitrogens with two attached hydrogens (primary N) is 1. The lowest BCUT2D eigenvalue weighted by Crippen LogP contribution is -2.54. The second-order valence-corrected chi connectivity index (χ2v) is 4.23. The van der Waals surface area contributed by atoms with E-state index >= 15 is 0 Å². The summed E-state index contributed by atoms with van der Waals surface area (Å²) in [6, 6.07) is 1.34. The molecular weight excluding hydrogens is 176 g/mol. The fraction of sp³-hybridized carbons (Fsp3) is 1.00. The average molecular weight is 200 g/mol. The third kappa shape index (κ3) is 2.69. The summed E-state index contributed by atoms with van der Waals surface area (Å²) in [6.07, 6.45) is 3.38. The summed E-state index contributed by atoms with van der Waals surface area (Å²) in [7, 11) is 2.18. The first-order valence-electron chi connectivity index (χ1n) is 5.75. The molecule has 0 aromatic heterocycles. The molecule has 0 bridgehead atoms. The van der Waals surface area contributed by atoms with Gasteiger partial charge in [-0.15, -0.1) is 0 Å². The van der Waals surface area contributed by atoms with Gasteiger partial charge in [0.1, 0.15) is 0 Å². The predicted molar refractivity (Wildman–Crippen MR) is 59.3 cm³/mol. The molecule has 0 saturated carbocycles. The Morgan fingerprint density at radius 3 is 2.57 bits per heavy atom. The van der Waals surface area contributed by atoms with Crippen LogP contribution in [0.25, 0.3) is 0 Å². The molecule has 0 aliphatic carbocycles. The zero-order valence-corrected chi connectivity index (χ0v) is 9.70. The maximum atomic E-state index is 6.11. The Hall–Kier alpha value is -0.120. The summed E-state index contributed by atoms with van der Waals surface area (Å²) < 4.78 is 5.49. The molecule has 1 aliphatic rings. The van der Waals surface area contributed by atoms with E-state index in [1.54, 1.807) is 0 Å². The highest BCUT2D eigenvalue weighted by atomic mass is 16.5. The molecule has 84 valence electrons. The van der Waals surface area contributed by atoms with Crippen molar-refractivity contribution in [3.8, 4) is 0 Å². The molecule has 3 nitrogen and oxygen atoms in total. The van der Waals surface area contributed by atoms with Crippen LogP contribution in [0.1, 0.15) is 33.1 Å². The normalized spacial score (nSPS) is 28.7. The maximum absolute atomic E-state index is 6.11. The second-order valence-electron chi connectivity index (χ2n) is 4.23. The van der Waals surface area contributed by atoms with Crippen molar-refractivity contribution in [2.24, 2.45) is 5.73 Å². The minimum Gasteiger partial charge on any atom is -0.380 e. The molecule has 0 radical (unpaired) electrons. The molecule has 1 fully saturated rings. The summed E-state index contributed by atoms with van der Waals surface area (Å²) in [6.45, 7) is 6.10. The van der Waals surface area contributed by atoms with Crippen molar-refractivity contribution in [3.05, 3.63) is 0 Å². The van der Waals surface area contributed by atoms with Crippen molar-refractivity contribution in [3.63, 3.8) is 0 Å². The van der Waals surface area contributed by atoms with Crippen molar-refractivity contribution in [2.45, 2.75) is 51.2 Å². The number of rotatable bonds is 4. The third-order valence-electron chi connectivity index (χ3n) is 3.42. The predicted octanol–water partition coefficient (Wildman–Crippen LogP) is 1.22. The van der Waals surface area contributed by atoms with Gasteiger partial charge in [-0.05, 0) is 26.3 Å². The van der Waals surface area contributed by atoms with Gasteiger partial charge in [0.2, 0.25) is 0 Å². The Balaban J connectivity index is 2.52.